The number of esters is 2. The number of allylic oxidation sites excluding steroid dienone is 1. The molecule has 3 atom stereocenters. The van der Waals surface area contributed by atoms with Gasteiger partial charge in [0.1, 0.15) is 19.3 Å². The van der Waals surface area contributed by atoms with Gasteiger partial charge >= 0.3 is 11.9 Å². The van der Waals surface area contributed by atoms with E-state index in [2.05, 4.69) is 26.8 Å². The van der Waals surface area contributed by atoms with Crippen LogP contribution in [0.4, 0.5) is 0 Å². The molecule has 0 heterocycles. The van der Waals surface area contributed by atoms with Gasteiger partial charge in [-0.1, -0.05) is 123 Å². The molecule has 0 radical (unpaired) electrons. The Balaban J connectivity index is 3.59. The molecule has 0 aliphatic rings. The minimum Gasteiger partial charge on any atom is -0.463 e. The molecule has 0 aromatic rings. The molecule has 0 amide bonds. The van der Waals surface area contributed by atoms with Crippen LogP contribution in [0.5, 0.6) is 0 Å². The van der Waals surface area contributed by atoms with Gasteiger partial charge in [0.15, 0.2) is 0 Å². The van der Waals surface area contributed by atoms with Crippen molar-refractivity contribution >= 4 is 11.9 Å². The van der Waals surface area contributed by atoms with Gasteiger partial charge in [0.25, 0.3) is 0 Å². The highest BCUT2D eigenvalue weighted by Gasteiger charge is 2.14. The number of rotatable bonds is 30. The van der Waals surface area contributed by atoms with Gasteiger partial charge in [-0.3, -0.25) is 9.59 Å². The van der Waals surface area contributed by atoms with Crippen molar-refractivity contribution in [2.75, 3.05) is 13.2 Å². The number of aliphatic hydroxyl groups is 3. The zero-order valence-corrected chi connectivity index (χ0v) is 27.4. The monoisotopic (exact) mass is 598 g/mol. The van der Waals surface area contributed by atoms with Gasteiger partial charge in [-0.2, -0.15) is 0 Å². The highest BCUT2D eigenvalue weighted by molar-refractivity contribution is 5.69. The lowest BCUT2D eigenvalue weighted by atomic mass is 10.0. The number of ether oxygens (including phenoxy) is 2. The van der Waals surface area contributed by atoms with E-state index in [4.69, 9.17) is 9.47 Å². The van der Waals surface area contributed by atoms with E-state index in [1.807, 2.05) is 6.08 Å². The summed E-state index contributed by atoms with van der Waals surface area (Å²) in [4.78, 5) is 23.8. The van der Waals surface area contributed by atoms with Crippen LogP contribution in [0.25, 0.3) is 0 Å². The molecule has 7 heteroatoms. The van der Waals surface area contributed by atoms with Crippen LogP contribution in [-0.2, 0) is 19.1 Å². The second-order valence-electron chi connectivity index (χ2n) is 12.4. The molecule has 248 valence electrons. The number of carbonyl (C=O) groups excluding carboxylic acids is 2. The normalized spacial score (nSPS) is 13.9. The SMILES string of the molecule is CCCCC/C=C\C[C@@H](O)[C@H](O)CCCCCCCC(=O)OC[C@H](O)COC(=O)CCCCCCCCCCC(C)C. The molecular weight excluding hydrogens is 532 g/mol. The molecule has 0 unspecified atom stereocenters. The van der Waals surface area contributed by atoms with Gasteiger partial charge in [0.2, 0.25) is 0 Å². The smallest absolute Gasteiger partial charge is 0.305 e. The number of aliphatic hydroxyl groups excluding tert-OH is 3. The van der Waals surface area contributed by atoms with Crippen LogP contribution in [0.1, 0.15) is 162 Å². The quantitative estimate of drug-likeness (QED) is 0.0436. The van der Waals surface area contributed by atoms with Crippen LogP contribution in [0, 0.1) is 5.92 Å². The van der Waals surface area contributed by atoms with Crippen LogP contribution in [0.2, 0.25) is 0 Å². The van der Waals surface area contributed by atoms with Crippen LogP contribution < -0.4 is 0 Å². The molecule has 0 fully saturated rings. The standard InChI is InChI=1S/C35H66O7/c1-4-5-6-7-14-19-24-32(37)33(38)25-20-15-12-17-22-27-35(40)42-29-31(36)28-41-34(39)26-21-16-11-9-8-10-13-18-23-30(2)3/h14,19,30-33,36-38H,4-13,15-18,20-29H2,1-3H3/b19-14-/t31-,32-,33-/m1/s1. The second kappa shape index (κ2) is 29.6. The maximum Gasteiger partial charge on any atom is 0.305 e. The average molecular weight is 599 g/mol. The minimum atomic E-state index is -1.01. The first kappa shape index (κ1) is 40.6. The maximum atomic E-state index is 11.9. The molecule has 7 nitrogen and oxygen atoms in total. The third-order valence-corrected chi connectivity index (χ3v) is 7.63. The van der Waals surface area contributed by atoms with E-state index in [-0.39, 0.29) is 31.6 Å². The molecule has 0 rings (SSSR count). The highest BCUT2D eigenvalue weighted by Crippen LogP contribution is 2.14. The van der Waals surface area contributed by atoms with Crippen molar-refractivity contribution in [3.63, 3.8) is 0 Å². The van der Waals surface area contributed by atoms with Crippen molar-refractivity contribution in [1.29, 1.82) is 0 Å². The third-order valence-electron chi connectivity index (χ3n) is 7.63. The fourth-order valence-electron chi connectivity index (χ4n) is 4.82. The van der Waals surface area contributed by atoms with Crippen molar-refractivity contribution < 1.29 is 34.4 Å². The van der Waals surface area contributed by atoms with Crippen LogP contribution >= 0.6 is 0 Å². The van der Waals surface area contributed by atoms with E-state index < -0.39 is 18.3 Å². The van der Waals surface area contributed by atoms with E-state index in [0.717, 1.165) is 57.3 Å². The van der Waals surface area contributed by atoms with Crippen molar-refractivity contribution in [1.82, 2.24) is 0 Å². The van der Waals surface area contributed by atoms with Crippen LogP contribution in [-0.4, -0.2) is 58.8 Å². The zero-order valence-electron chi connectivity index (χ0n) is 27.4. The summed E-state index contributed by atoms with van der Waals surface area (Å²) < 4.78 is 10.2. The van der Waals surface area contributed by atoms with Gasteiger partial charge in [-0.15, -0.1) is 0 Å². The number of carbonyl (C=O) groups is 2. The third kappa shape index (κ3) is 28.7. The molecule has 0 bridgehead atoms. The summed E-state index contributed by atoms with van der Waals surface area (Å²) >= 11 is 0. The second-order valence-corrected chi connectivity index (χ2v) is 12.4. The van der Waals surface area contributed by atoms with Crippen molar-refractivity contribution in [3.8, 4) is 0 Å². The maximum absolute atomic E-state index is 11.9. The molecule has 0 spiro atoms. The molecule has 0 aromatic carbocycles. The van der Waals surface area contributed by atoms with Gasteiger partial charge in [0.05, 0.1) is 12.2 Å². The average Bonchev–Trinajstić information content (AvgIpc) is 2.96. The lowest BCUT2D eigenvalue weighted by molar-refractivity contribution is -0.152. The molecule has 0 aliphatic heterocycles. The summed E-state index contributed by atoms with van der Waals surface area (Å²) in [5.41, 5.74) is 0. The Morgan fingerprint density at radius 1 is 0.595 bits per heavy atom. The molecule has 42 heavy (non-hydrogen) atoms. The van der Waals surface area contributed by atoms with Gasteiger partial charge in [-0.05, 0) is 44.4 Å². The molecule has 0 saturated heterocycles. The van der Waals surface area contributed by atoms with Crippen molar-refractivity contribution in [2.45, 2.75) is 180 Å². The van der Waals surface area contributed by atoms with Crippen molar-refractivity contribution in [2.24, 2.45) is 5.92 Å². The predicted molar refractivity (Wildman–Crippen MR) is 171 cm³/mol. The Hall–Kier alpha value is -1.44. The first-order chi connectivity index (χ1) is 20.3. The summed E-state index contributed by atoms with van der Waals surface area (Å²) in [6, 6.07) is 0. The molecule has 0 aliphatic carbocycles. The van der Waals surface area contributed by atoms with E-state index in [1.54, 1.807) is 0 Å². The lowest BCUT2D eigenvalue weighted by Crippen LogP contribution is -2.25. The van der Waals surface area contributed by atoms with Gasteiger partial charge < -0.3 is 24.8 Å². The topological polar surface area (TPSA) is 113 Å². The van der Waals surface area contributed by atoms with Crippen LogP contribution in [0.15, 0.2) is 12.2 Å². The molecule has 0 aromatic heterocycles. The number of hydrogen-bond donors (Lipinski definition) is 3. The summed E-state index contributed by atoms with van der Waals surface area (Å²) in [7, 11) is 0. The van der Waals surface area contributed by atoms with Crippen molar-refractivity contribution in [3.05, 3.63) is 12.2 Å². The molecule has 3 N–H and O–H groups in total. The Kier molecular flexibility index (Phi) is 28.6. The fraction of sp³-hybridized carbons (Fsp3) is 0.886. The largest absolute Gasteiger partial charge is 0.463 e. The summed E-state index contributed by atoms with van der Waals surface area (Å²) in [6.45, 7) is 6.39. The Bertz CT molecular complexity index is 649. The summed E-state index contributed by atoms with van der Waals surface area (Å²) in [5.74, 6) is 0.123. The number of unbranched alkanes of at least 4 members (excludes halogenated alkanes) is 14. The first-order valence-corrected chi connectivity index (χ1v) is 17.3. The van der Waals surface area contributed by atoms with E-state index in [1.165, 1.54) is 57.8 Å². The summed E-state index contributed by atoms with van der Waals surface area (Å²) in [5, 5.41) is 30.1. The summed E-state index contributed by atoms with van der Waals surface area (Å²) in [6.07, 6.45) is 23.0. The predicted octanol–water partition coefficient (Wildman–Crippen LogP) is 7.97. The molecular formula is C35H66O7. The molecule has 0 saturated carbocycles. The van der Waals surface area contributed by atoms with Gasteiger partial charge in [-0.25, -0.2) is 0 Å². The Labute approximate surface area is 257 Å². The first-order valence-electron chi connectivity index (χ1n) is 17.3. The fourth-order valence-corrected chi connectivity index (χ4v) is 4.82. The van der Waals surface area contributed by atoms with Gasteiger partial charge in [0, 0.05) is 12.8 Å². The Morgan fingerprint density at radius 2 is 1.07 bits per heavy atom. The van der Waals surface area contributed by atoms with E-state index >= 15 is 0 Å². The minimum absolute atomic E-state index is 0.154. The van der Waals surface area contributed by atoms with Crippen LogP contribution in [0.3, 0.4) is 0 Å². The van der Waals surface area contributed by atoms with E-state index in [0.29, 0.717) is 25.7 Å². The zero-order chi connectivity index (χ0) is 31.3. The number of hydrogen-bond acceptors (Lipinski definition) is 7. The Morgan fingerprint density at radius 3 is 1.57 bits per heavy atom. The highest BCUT2D eigenvalue weighted by atomic mass is 16.6. The lowest BCUT2D eigenvalue weighted by Gasteiger charge is -2.16. The van der Waals surface area contributed by atoms with E-state index in [9.17, 15) is 24.9 Å².